The van der Waals surface area contributed by atoms with Gasteiger partial charge < -0.3 is 19.5 Å². The number of ether oxygens (including phenoxy) is 1. The number of hydrogen-bond acceptors (Lipinski definition) is 9. The first-order valence-corrected chi connectivity index (χ1v) is 9.77. The van der Waals surface area contributed by atoms with Gasteiger partial charge >= 0.3 is 0 Å². The Kier molecular flexibility index (Phi) is 5.69. The summed E-state index contributed by atoms with van der Waals surface area (Å²) in [5, 5.41) is 6.77. The predicted molar refractivity (Wildman–Crippen MR) is 94.7 cm³/mol. The Labute approximate surface area is 152 Å². The molecule has 11 heteroatoms. The molecule has 1 saturated heterocycles. The Morgan fingerprint density at radius 3 is 2.65 bits per heavy atom. The minimum Gasteiger partial charge on any atom is -0.378 e. The van der Waals surface area contributed by atoms with Crippen molar-refractivity contribution in [3.05, 3.63) is 23.8 Å². The molecule has 2 N–H and O–H groups in total. The van der Waals surface area contributed by atoms with Crippen molar-refractivity contribution in [2.75, 3.05) is 49.6 Å². The smallest absolute Gasteiger partial charge is 0.246 e. The van der Waals surface area contributed by atoms with Gasteiger partial charge in [-0.1, -0.05) is 5.16 Å². The van der Waals surface area contributed by atoms with Crippen LogP contribution in [0.5, 0.6) is 0 Å². The second kappa shape index (κ2) is 7.98. The number of sulfonamides is 1. The summed E-state index contributed by atoms with van der Waals surface area (Å²) in [5.41, 5.74) is 0.342. The van der Waals surface area contributed by atoms with Gasteiger partial charge in [-0.15, -0.1) is 0 Å². The van der Waals surface area contributed by atoms with Crippen LogP contribution in [-0.4, -0.2) is 62.9 Å². The van der Waals surface area contributed by atoms with E-state index >= 15 is 0 Å². The first kappa shape index (κ1) is 18.5. The van der Waals surface area contributed by atoms with Crippen molar-refractivity contribution in [3.8, 4) is 0 Å². The van der Waals surface area contributed by atoms with Crippen LogP contribution in [0.3, 0.4) is 0 Å². The van der Waals surface area contributed by atoms with Gasteiger partial charge in [-0.2, -0.15) is 0 Å². The molecule has 26 heavy (non-hydrogen) atoms. The van der Waals surface area contributed by atoms with Crippen molar-refractivity contribution in [1.29, 1.82) is 0 Å². The number of nitrogens with one attached hydrogen (secondary N) is 2. The van der Waals surface area contributed by atoms with Crippen LogP contribution in [0.4, 0.5) is 11.6 Å². The molecule has 1 aliphatic heterocycles. The van der Waals surface area contributed by atoms with Crippen molar-refractivity contribution in [2.45, 2.75) is 18.7 Å². The lowest BCUT2D eigenvalue weighted by Crippen LogP contribution is -2.36. The van der Waals surface area contributed by atoms with Crippen LogP contribution in [0, 0.1) is 13.8 Å². The molecule has 0 spiro atoms. The Morgan fingerprint density at radius 2 is 1.96 bits per heavy atom. The SMILES string of the molecule is Cc1noc(C)c1S(=O)(=O)NCCNc1cc(N2CCOCC2)ncn1. The maximum Gasteiger partial charge on any atom is 0.246 e. The summed E-state index contributed by atoms with van der Waals surface area (Å²) in [6.07, 6.45) is 1.49. The predicted octanol–water partition coefficient (Wildman–Crippen LogP) is 0.308. The quantitative estimate of drug-likeness (QED) is 0.651. The van der Waals surface area contributed by atoms with Crippen molar-refractivity contribution in [3.63, 3.8) is 0 Å². The normalized spacial score (nSPS) is 15.2. The van der Waals surface area contributed by atoms with Crippen molar-refractivity contribution in [1.82, 2.24) is 19.8 Å². The van der Waals surface area contributed by atoms with Crippen LogP contribution in [-0.2, 0) is 14.8 Å². The van der Waals surface area contributed by atoms with Gasteiger partial charge in [0.15, 0.2) is 5.76 Å². The molecule has 0 aromatic carbocycles. The Morgan fingerprint density at radius 1 is 1.19 bits per heavy atom. The van der Waals surface area contributed by atoms with E-state index in [0.717, 1.165) is 18.9 Å². The molecular formula is C15H22N6O4S. The van der Waals surface area contributed by atoms with Gasteiger partial charge in [0.25, 0.3) is 0 Å². The second-order valence-electron chi connectivity index (χ2n) is 5.84. The second-order valence-corrected chi connectivity index (χ2v) is 7.54. The zero-order valence-electron chi connectivity index (χ0n) is 14.7. The minimum absolute atomic E-state index is 0.0918. The Balaban J connectivity index is 1.54. The largest absolute Gasteiger partial charge is 0.378 e. The number of aromatic nitrogens is 3. The van der Waals surface area contributed by atoms with Crippen LogP contribution in [0.2, 0.25) is 0 Å². The average Bonchev–Trinajstić information content (AvgIpc) is 2.99. The molecule has 10 nitrogen and oxygen atoms in total. The fourth-order valence-electron chi connectivity index (χ4n) is 2.72. The van der Waals surface area contributed by atoms with Crippen LogP contribution < -0.4 is 14.9 Å². The molecule has 0 unspecified atom stereocenters. The fraction of sp³-hybridized carbons (Fsp3) is 0.533. The summed E-state index contributed by atoms with van der Waals surface area (Å²) < 4.78 is 37.4. The number of aryl methyl sites for hydroxylation is 2. The average molecular weight is 382 g/mol. The molecular weight excluding hydrogens is 360 g/mol. The molecule has 1 fully saturated rings. The summed E-state index contributed by atoms with van der Waals surface area (Å²) in [7, 11) is -3.66. The molecule has 0 radical (unpaired) electrons. The highest BCUT2D eigenvalue weighted by atomic mass is 32.2. The summed E-state index contributed by atoms with van der Waals surface area (Å²) in [6, 6.07) is 1.84. The van der Waals surface area contributed by atoms with Gasteiger partial charge in [-0.05, 0) is 13.8 Å². The first-order valence-electron chi connectivity index (χ1n) is 8.28. The summed E-state index contributed by atoms with van der Waals surface area (Å²) in [4.78, 5) is 10.7. The maximum atomic E-state index is 12.3. The molecule has 0 saturated carbocycles. The molecule has 2 aromatic heterocycles. The maximum absolute atomic E-state index is 12.3. The van der Waals surface area contributed by atoms with E-state index in [1.54, 1.807) is 13.8 Å². The molecule has 3 rings (SSSR count). The van der Waals surface area contributed by atoms with Gasteiger partial charge in [0.1, 0.15) is 28.6 Å². The number of anilines is 2. The van der Waals surface area contributed by atoms with Crippen LogP contribution in [0.15, 0.2) is 21.8 Å². The number of morpholine rings is 1. The van der Waals surface area contributed by atoms with Gasteiger partial charge in [-0.3, -0.25) is 0 Å². The molecule has 1 aliphatic rings. The standard InChI is InChI=1S/C15H22N6O4S/c1-11-15(12(2)25-20-11)26(22,23)19-4-3-16-13-9-14(18-10-17-13)21-5-7-24-8-6-21/h9-10,19H,3-8H2,1-2H3,(H,16,17,18). The monoisotopic (exact) mass is 382 g/mol. The molecule has 0 amide bonds. The van der Waals surface area contributed by atoms with Crippen LogP contribution >= 0.6 is 0 Å². The van der Waals surface area contributed by atoms with Crippen molar-refractivity contribution in [2.24, 2.45) is 0 Å². The van der Waals surface area contributed by atoms with Crippen LogP contribution in [0.25, 0.3) is 0 Å². The summed E-state index contributed by atoms with van der Waals surface area (Å²) >= 11 is 0. The van der Waals surface area contributed by atoms with Gasteiger partial charge in [0.2, 0.25) is 10.0 Å². The lowest BCUT2D eigenvalue weighted by atomic mass is 10.4. The summed E-state index contributed by atoms with van der Waals surface area (Å²) in [5.74, 6) is 1.73. The molecule has 142 valence electrons. The number of nitrogens with zero attached hydrogens (tertiary/aromatic N) is 4. The highest BCUT2D eigenvalue weighted by Gasteiger charge is 2.23. The fourth-order valence-corrected chi connectivity index (χ4v) is 4.07. The molecule has 0 bridgehead atoms. The Bertz CT molecular complexity index is 828. The molecule has 2 aromatic rings. The van der Waals surface area contributed by atoms with E-state index < -0.39 is 10.0 Å². The lowest BCUT2D eigenvalue weighted by molar-refractivity contribution is 0.122. The first-order chi connectivity index (χ1) is 12.5. The lowest BCUT2D eigenvalue weighted by Gasteiger charge is -2.27. The summed E-state index contributed by atoms with van der Waals surface area (Å²) in [6.45, 7) is 6.66. The van der Waals surface area contributed by atoms with Gasteiger partial charge in [0, 0.05) is 32.2 Å². The molecule has 0 aliphatic carbocycles. The third kappa shape index (κ3) is 4.29. The Hall–Kier alpha value is -2.24. The van der Waals surface area contributed by atoms with E-state index in [9.17, 15) is 8.42 Å². The van der Waals surface area contributed by atoms with E-state index in [1.807, 2.05) is 6.07 Å². The van der Waals surface area contributed by atoms with Crippen LogP contribution in [0.1, 0.15) is 11.5 Å². The third-order valence-electron chi connectivity index (χ3n) is 3.95. The van der Waals surface area contributed by atoms with Crippen molar-refractivity contribution >= 4 is 21.7 Å². The van der Waals surface area contributed by atoms with E-state index in [4.69, 9.17) is 9.26 Å². The highest BCUT2D eigenvalue weighted by molar-refractivity contribution is 7.89. The van der Waals surface area contributed by atoms with E-state index in [2.05, 4.69) is 30.1 Å². The van der Waals surface area contributed by atoms with E-state index in [1.165, 1.54) is 6.33 Å². The van der Waals surface area contributed by atoms with E-state index in [0.29, 0.717) is 31.3 Å². The van der Waals surface area contributed by atoms with Gasteiger partial charge in [-0.25, -0.2) is 23.1 Å². The van der Waals surface area contributed by atoms with Gasteiger partial charge in [0.05, 0.1) is 13.2 Å². The topological polar surface area (TPSA) is 122 Å². The number of hydrogen-bond donors (Lipinski definition) is 2. The molecule has 0 atom stereocenters. The number of rotatable bonds is 7. The third-order valence-corrected chi connectivity index (χ3v) is 5.65. The zero-order valence-corrected chi connectivity index (χ0v) is 15.5. The molecule has 3 heterocycles. The highest BCUT2D eigenvalue weighted by Crippen LogP contribution is 2.18. The zero-order chi connectivity index (χ0) is 18.6. The minimum atomic E-state index is -3.66. The van der Waals surface area contributed by atoms with E-state index in [-0.39, 0.29) is 17.2 Å². The van der Waals surface area contributed by atoms with Crippen molar-refractivity contribution < 1.29 is 17.7 Å².